The number of hydrogen-bond donors (Lipinski definition) is 1. The molecule has 2 fully saturated rings. The van der Waals surface area contributed by atoms with E-state index in [9.17, 15) is 4.79 Å². The molecule has 6 heteroatoms. The Balaban J connectivity index is 1.29. The van der Waals surface area contributed by atoms with E-state index in [2.05, 4.69) is 10.5 Å². The molecule has 2 aromatic rings. The fourth-order valence-corrected chi connectivity index (χ4v) is 4.21. The molecule has 0 bridgehead atoms. The molecule has 0 saturated heterocycles. The number of hydrogen-bond acceptors (Lipinski definition) is 5. The SMILES string of the molecule is O=C(NCC1CCCCC1)C1(c2cc(-c3ccc4c(c3)OCO4)on2)CC1. The predicted molar refractivity (Wildman–Crippen MR) is 98.6 cm³/mol. The maximum Gasteiger partial charge on any atom is 0.232 e. The number of amides is 1. The first-order chi connectivity index (χ1) is 13.2. The van der Waals surface area contributed by atoms with Crippen LogP contribution in [0.4, 0.5) is 0 Å². The van der Waals surface area contributed by atoms with E-state index in [0.717, 1.165) is 36.4 Å². The average molecular weight is 368 g/mol. The van der Waals surface area contributed by atoms with Crippen LogP contribution in [0.2, 0.25) is 0 Å². The summed E-state index contributed by atoms with van der Waals surface area (Å²) < 4.78 is 16.3. The number of rotatable bonds is 5. The third-order valence-electron chi connectivity index (χ3n) is 6.12. The van der Waals surface area contributed by atoms with Crippen LogP contribution < -0.4 is 14.8 Å². The molecule has 6 nitrogen and oxygen atoms in total. The molecule has 2 heterocycles. The third-order valence-corrected chi connectivity index (χ3v) is 6.12. The average Bonchev–Trinajstić information content (AvgIpc) is 3.15. The number of carbonyl (C=O) groups excluding carboxylic acids is 1. The molecule has 2 saturated carbocycles. The lowest BCUT2D eigenvalue weighted by Crippen LogP contribution is -2.38. The summed E-state index contributed by atoms with van der Waals surface area (Å²) in [5.74, 6) is 2.81. The molecule has 1 amide bonds. The highest BCUT2D eigenvalue weighted by atomic mass is 16.7. The van der Waals surface area contributed by atoms with Gasteiger partial charge in [-0.15, -0.1) is 0 Å². The molecule has 27 heavy (non-hydrogen) atoms. The Morgan fingerprint density at radius 1 is 1.11 bits per heavy atom. The summed E-state index contributed by atoms with van der Waals surface area (Å²) in [7, 11) is 0. The Kier molecular flexibility index (Phi) is 4.06. The largest absolute Gasteiger partial charge is 0.454 e. The molecule has 1 aromatic carbocycles. The van der Waals surface area contributed by atoms with Gasteiger partial charge in [-0.2, -0.15) is 0 Å². The van der Waals surface area contributed by atoms with Crippen molar-refractivity contribution in [2.75, 3.05) is 13.3 Å². The molecule has 1 aromatic heterocycles. The summed E-state index contributed by atoms with van der Waals surface area (Å²) in [5, 5.41) is 7.41. The molecule has 0 radical (unpaired) electrons. The van der Waals surface area contributed by atoms with Gasteiger partial charge in [0.2, 0.25) is 12.7 Å². The predicted octanol–water partition coefficient (Wildman–Crippen LogP) is 3.80. The Morgan fingerprint density at radius 2 is 1.93 bits per heavy atom. The van der Waals surface area contributed by atoms with Crippen molar-refractivity contribution in [1.82, 2.24) is 10.5 Å². The Bertz CT molecular complexity index is 850. The summed E-state index contributed by atoms with van der Waals surface area (Å²) in [6, 6.07) is 7.56. The van der Waals surface area contributed by atoms with Gasteiger partial charge < -0.3 is 19.3 Å². The minimum atomic E-state index is -0.507. The summed E-state index contributed by atoms with van der Waals surface area (Å²) in [5.41, 5.74) is 1.10. The molecule has 2 aliphatic carbocycles. The van der Waals surface area contributed by atoms with Crippen molar-refractivity contribution < 1.29 is 18.8 Å². The van der Waals surface area contributed by atoms with E-state index in [1.54, 1.807) is 0 Å². The van der Waals surface area contributed by atoms with Crippen molar-refractivity contribution in [3.63, 3.8) is 0 Å². The summed E-state index contributed by atoms with van der Waals surface area (Å²) >= 11 is 0. The van der Waals surface area contributed by atoms with Crippen LogP contribution in [0.5, 0.6) is 11.5 Å². The minimum Gasteiger partial charge on any atom is -0.454 e. The van der Waals surface area contributed by atoms with Crippen LogP contribution in [-0.4, -0.2) is 24.4 Å². The van der Waals surface area contributed by atoms with Crippen molar-refractivity contribution in [1.29, 1.82) is 0 Å². The molecule has 0 unspecified atom stereocenters. The number of fused-ring (bicyclic) bond motifs is 1. The molecular formula is C21H24N2O4. The minimum absolute atomic E-state index is 0.0959. The number of nitrogens with one attached hydrogen (secondary N) is 1. The normalized spacial score (nSPS) is 20.4. The topological polar surface area (TPSA) is 73.6 Å². The molecule has 1 N–H and O–H groups in total. The van der Waals surface area contributed by atoms with Crippen molar-refractivity contribution in [3.05, 3.63) is 30.0 Å². The zero-order chi connectivity index (χ0) is 18.3. The standard InChI is InChI=1S/C21H24N2O4/c24-20(22-12-14-4-2-1-3-5-14)21(8-9-21)19-11-17(27-23-19)15-6-7-16-18(10-15)26-13-25-16/h6-7,10-11,14H,1-5,8-9,12-13H2,(H,22,24). The second-order valence-electron chi connectivity index (χ2n) is 7.94. The van der Waals surface area contributed by atoms with Crippen molar-refractivity contribution >= 4 is 5.91 Å². The third kappa shape index (κ3) is 3.07. The van der Waals surface area contributed by atoms with Crippen molar-refractivity contribution in [2.45, 2.75) is 50.4 Å². The van der Waals surface area contributed by atoms with E-state index in [1.165, 1.54) is 32.1 Å². The van der Waals surface area contributed by atoms with E-state index >= 15 is 0 Å². The first-order valence-corrected chi connectivity index (χ1v) is 9.90. The van der Waals surface area contributed by atoms with Crippen molar-refractivity contribution in [2.24, 2.45) is 5.92 Å². The first-order valence-electron chi connectivity index (χ1n) is 9.90. The van der Waals surface area contributed by atoms with E-state index in [-0.39, 0.29) is 12.7 Å². The second kappa shape index (κ2) is 6.59. The lowest BCUT2D eigenvalue weighted by Gasteiger charge is -2.23. The highest BCUT2D eigenvalue weighted by Crippen LogP contribution is 2.49. The van der Waals surface area contributed by atoms with Crippen LogP contribution in [-0.2, 0) is 10.2 Å². The first kappa shape index (κ1) is 16.7. The molecule has 0 atom stereocenters. The van der Waals surface area contributed by atoms with Crippen LogP contribution in [0.25, 0.3) is 11.3 Å². The smallest absolute Gasteiger partial charge is 0.232 e. The molecule has 142 valence electrons. The number of aromatic nitrogens is 1. The molecule has 3 aliphatic rings. The lowest BCUT2D eigenvalue weighted by molar-refractivity contribution is -0.123. The highest BCUT2D eigenvalue weighted by Gasteiger charge is 2.53. The van der Waals surface area contributed by atoms with Gasteiger partial charge in [0.15, 0.2) is 17.3 Å². The van der Waals surface area contributed by atoms with E-state index in [0.29, 0.717) is 17.4 Å². The Morgan fingerprint density at radius 3 is 2.74 bits per heavy atom. The van der Waals surface area contributed by atoms with E-state index in [1.807, 2.05) is 24.3 Å². The van der Waals surface area contributed by atoms with Gasteiger partial charge >= 0.3 is 0 Å². The van der Waals surface area contributed by atoms with Crippen LogP contribution >= 0.6 is 0 Å². The fourth-order valence-electron chi connectivity index (χ4n) is 4.21. The van der Waals surface area contributed by atoms with Crippen LogP contribution in [0.15, 0.2) is 28.8 Å². The van der Waals surface area contributed by atoms with Gasteiger partial charge in [0.25, 0.3) is 0 Å². The van der Waals surface area contributed by atoms with Gasteiger partial charge in [-0.3, -0.25) is 4.79 Å². The van der Waals surface area contributed by atoms with Gasteiger partial charge in [-0.1, -0.05) is 24.4 Å². The fraction of sp³-hybridized carbons (Fsp3) is 0.524. The molecule has 0 spiro atoms. The van der Waals surface area contributed by atoms with Crippen LogP contribution in [0, 0.1) is 5.92 Å². The van der Waals surface area contributed by atoms with Gasteiger partial charge in [-0.25, -0.2) is 0 Å². The van der Waals surface area contributed by atoms with Gasteiger partial charge in [0, 0.05) is 18.2 Å². The summed E-state index contributed by atoms with van der Waals surface area (Å²) in [6.07, 6.45) is 8.02. The maximum atomic E-state index is 12.8. The molecule has 1 aliphatic heterocycles. The number of ether oxygens (including phenoxy) is 2. The van der Waals surface area contributed by atoms with Crippen LogP contribution in [0.3, 0.4) is 0 Å². The van der Waals surface area contributed by atoms with Crippen LogP contribution in [0.1, 0.15) is 50.6 Å². The zero-order valence-electron chi connectivity index (χ0n) is 15.3. The zero-order valence-corrected chi connectivity index (χ0v) is 15.3. The second-order valence-corrected chi connectivity index (χ2v) is 7.94. The lowest BCUT2D eigenvalue weighted by atomic mass is 9.89. The van der Waals surface area contributed by atoms with Crippen molar-refractivity contribution in [3.8, 4) is 22.8 Å². The van der Waals surface area contributed by atoms with E-state index < -0.39 is 5.41 Å². The number of carbonyl (C=O) groups is 1. The van der Waals surface area contributed by atoms with Gasteiger partial charge in [-0.05, 0) is 49.8 Å². The summed E-state index contributed by atoms with van der Waals surface area (Å²) in [6.45, 7) is 1.03. The Labute approximate surface area is 158 Å². The molecule has 5 rings (SSSR count). The number of nitrogens with zero attached hydrogens (tertiary/aromatic N) is 1. The van der Waals surface area contributed by atoms with E-state index in [4.69, 9.17) is 14.0 Å². The maximum absolute atomic E-state index is 12.8. The Hall–Kier alpha value is -2.50. The number of benzene rings is 1. The van der Waals surface area contributed by atoms with Gasteiger partial charge in [0.1, 0.15) is 0 Å². The monoisotopic (exact) mass is 368 g/mol. The quantitative estimate of drug-likeness (QED) is 0.869. The van der Waals surface area contributed by atoms with Gasteiger partial charge in [0.05, 0.1) is 11.1 Å². The molecular weight excluding hydrogens is 344 g/mol. The summed E-state index contributed by atoms with van der Waals surface area (Å²) in [4.78, 5) is 12.8. The highest BCUT2D eigenvalue weighted by molar-refractivity contribution is 5.91.